The lowest BCUT2D eigenvalue weighted by Crippen LogP contribution is -2.42. The molecule has 1 aliphatic heterocycles. The Kier molecular flexibility index (Phi) is 7.85. The Morgan fingerprint density at radius 2 is 1.64 bits per heavy atom. The predicted octanol–water partition coefficient (Wildman–Crippen LogP) is 4.68. The van der Waals surface area contributed by atoms with Gasteiger partial charge in [-0.2, -0.15) is 5.10 Å². The summed E-state index contributed by atoms with van der Waals surface area (Å²) in [6, 6.07) is 20.7. The zero-order valence-corrected chi connectivity index (χ0v) is 20.6. The maximum atomic E-state index is 13.6. The highest BCUT2D eigenvalue weighted by Gasteiger charge is 2.30. The van der Waals surface area contributed by atoms with Gasteiger partial charge in [0.1, 0.15) is 11.6 Å². The van der Waals surface area contributed by atoms with E-state index in [4.69, 9.17) is 4.74 Å². The van der Waals surface area contributed by atoms with Crippen molar-refractivity contribution < 1.29 is 14.3 Å². The van der Waals surface area contributed by atoms with Gasteiger partial charge in [0.15, 0.2) is 0 Å². The third-order valence-corrected chi connectivity index (χ3v) is 6.36. The third kappa shape index (κ3) is 5.49. The molecule has 1 aliphatic rings. The zero-order chi connectivity index (χ0) is 25.5. The second-order valence-electron chi connectivity index (χ2n) is 8.61. The predicted molar refractivity (Wildman–Crippen MR) is 143 cm³/mol. The number of nitrogens with one attached hydrogen (secondary N) is 1. The van der Waals surface area contributed by atoms with E-state index >= 15 is 0 Å². The van der Waals surface area contributed by atoms with Crippen molar-refractivity contribution >= 4 is 35.7 Å². The molecule has 0 unspecified atom stereocenters. The van der Waals surface area contributed by atoms with E-state index in [2.05, 4.69) is 17.1 Å². The van der Waals surface area contributed by atoms with Crippen LogP contribution in [0.3, 0.4) is 0 Å². The van der Waals surface area contributed by atoms with Crippen molar-refractivity contribution in [3.05, 3.63) is 84.7 Å². The number of methoxy groups -OCH3 is 1. The number of piperidine rings is 1. The van der Waals surface area contributed by atoms with E-state index in [0.717, 1.165) is 17.1 Å². The van der Waals surface area contributed by atoms with E-state index in [-0.39, 0.29) is 17.7 Å². The van der Waals surface area contributed by atoms with Gasteiger partial charge < -0.3 is 19.5 Å². The molecule has 36 heavy (non-hydrogen) atoms. The van der Waals surface area contributed by atoms with Crippen molar-refractivity contribution in [3.8, 4) is 5.75 Å². The van der Waals surface area contributed by atoms with Crippen LogP contribution >= 0.6 is 0 Å². The van der Waals surface area contributed by atoms with Gasteiger partial charge in [-0.25, -0.2) is 5.01 Å². The summed E-state index contributed by atoms with van der Waals surface area (Å²) in [4.78, 5) is 28.2. The fraction of sp³-hybridized carbons (Fsp3) is 0.250. The molecule has 8 heteroatoms. The lowest BCUT2D eigenvalue weighted by Gasteiger charge is -2.33. The molecular weight excluding hydrogens is 454 g/mol. The lowest BCUT2D eigenvalue weighted by atomic mass is 9.95. The van der Waals surface area contributed by atoms with Crippen molar-refractivity contribution in [1.29, 1.82) is 0 Å². The monoisotopic (exact) mass is 485 g/mol. The molecular formula is C28H31N5O3. The number of carbonyl (C=O) groups excluding carboxylic acids is 2. The number of nitrogens with zero attached hydrogens (tertiary/aromatic N) is 4. The fourth-order valence-electron chi connectivity index (χ4n) is 4.37. The smallest absolute Gasteiger partial charge is 0.253 e. The van der Waals surface area contributed by atoms with Gasteiger partial charge in [0.25, 0.3) is 5.91 Å². The van der Waals surface area contributed by atoms with Crippen LogP contribution in [0.4, 0.5) is 11.4 Å². The molecule has 2 aromatic carbocycles. The van der Waals surface area contributed by atoms with Gasteiger partial charge in [0, 0.05) is 43.8 Å². The van der Waals surface area contributed by atoms with E-state index in [1.807, 2.05) is 88.6 Å². The SMILES string of the molecule is C=NN(/C(=C(\C)C(=O)N1CCC(C(=O)Nc2ccc(OC)cc2)CC1)n1cccc1)c1ccccc1. The second-order valence-corrected chi connectivity index (χ2v) is 8.61. The van der Waals surface area contributed by atoms with E-state index in [1.54, 1.807) is 19.0 Å². The first-order chi connectivity index (χ1) is 17.5. The Morgan fingerprint density at radius 3 is 2.22 bits per heavy atom. The van der Waals surface area contributed by atoms with Crippen LogP contribution in [0.1, 0.15) is 19.8 Å². The number of benzene rings is 2. The number of aromatic nitrogens is 1. The summed E-state index contributed by atoms with van der Waals surface area (Å²) in [5.41, 5.74) is 2.08. The maximum absolute atomic E-state index is 13.6. The number of hydrazone groups is 1. The molecule has 4 rings (SSSR count). The van der Waals surface area contributed by atoms with Gasteiger partial charge in [-0.15, -0.1) is 0 Å². The maximum Gasteiger partial charge on any atom is 0.253 e. The number of likely N-dealkylation sites (tertiary alicyclic amines) is 1. The number of ether oxygens (including phenoxy) is 1. The topological polar surface area (TPSA) is 79.2 Å². The highest BCUT2D eigenvalue weighted by atomic mass is 16.5. The molecule has 0 spiro atoms. The Morgan fingerprint density at radius 1 is 1.00 bits per heavy atom. The quantitative estimate of drug-likeness (QED) is 0.285. The van der Waals surface area contributed by atoms with Crippen LogP contribution in [0.2, 0.25) is 0 Å². The van der Waals surface area contributed by atoms with Crippen LogP contribution in [0.25, 0.3) is 5.82 Å². The molecule has 3 aromatic rings. The third-order valence-electron chi connectivity index (χ3n) is 6.36. The number of amides is 2. The van der Waals surface area contributed by atoms with Gasteiger partial charge in [-0.05, 0) is 68.3 Å². The first-order valence-electron chi connectivity index (χ1n) is 11.9. The normalized spacial score (nSPS) is 14.6. The number of hydrogen-bond acceptors (Lipinski definition) is 5. The molecule has 0 saturated carbocycles. The Bertz CT molecular complexity index is 1210. The summed E-state index contributed by atoms with van der Waals surface area (Å²) in [6.07, 6.45) is 4.95. The molecule has 0 radical (unpaired) electrons. The summed E-state index contributed by atoms with van der Waals surface area (Å²) >= 11 is 0. The van der Waals surface area contributed by atoms with Crippen molar-refractivity contribution in [1.82, 2.24) is 9.47 Å². The largest absolute Gasteiger partial charge is 0.497 e. The van der Waals surface area contributed by atoms with Crippen LogP contribution in [-0.4, -0.2) is 48.2 Å². The van der Waals surface area contributed by atoms with Gasteiger partial charge in [0.2, 0.25) is 5.91 Å². The summed E-state index contributed by atoms with van der Waals surface area (Å²) in [5, 5.41) is 8.86. The van der Waals surface area contributed by atoms with Crippen molar-refractivity contribution in [2.45, 2.75) is 19.8 Å². The van der Waals surface area contributed by atoms with Crippen LogP contribution in [-0.2, 0) is 9.59 Å². The van der Waals surface area contributed by atoms with E-state index < -0.39 is 0 Å². The summed E-state index contributed by atoms with van der Waals surface area (Å²) in [5.74, 6) is 1.08. The molecule has 2 amide bonds. The van der Waals surface area contributed by atoms with Gasteiger partial charge in [-0.3, -0.25) is 9.59 Å². The minimum Gasteiger partial charge on any atom is -0.497 e. The Hall–Kier alpha value is -4.33. The van der Waals surface area contributed by atoms with Crippen molar-refractivity contribution in [3.63, 3.8) is 0 Å². The van der Waals surface area contributed by atoms with Crippen LogP contribution in [0, 0.1) is 5.92 Å². The molecule has 0 atom stereocenters. The Labute approximate surface area is 211 Å². The number of carbonyl (C=O) groups is 2. The van der Waals surface area contributed by atoms with E-state index in [9.17, 15) is 9.59 Å². The average Bonchev–Trinajstić information content (AvgIpc) is 3.46. The summed E-state index contributed by atoms with van der Waals surface area (Å²) in [6.45, 7) is 6.56. The number of anilines is 2. The molecule has 186 valence electrons. The molecule has 1 saturated heterocycles. The number of para-hydroxylation sites is 1. The highest BCUT2D eigenvalue weighted by molar-refractivity contribution is 6.00. The molecule has 8 nitrogen and oxygen atoms in total. The van der Waals surface area contributed by atoms with E-state index in [1.165, 1.54) is 0 Å². The number of rotatable bonds is 8. The second kappa shape index (κ2) is 11.4. The fourth-order valence-corrected chi connectivity index (χ4v) is 4.37. The van der Waals surface area contributed by atoms with Crippen LogP contribution < -0.4 is 15.1 Å². The summed E-state index contributed by atoms with van der Waals surface area (Å²) in [7, 11) is 1.61. The summed E-state index contributed by atoms with van der Waals surface area (Å²) < 4.78 is 7.03. The highest BCUT2D eigenvalue weighted by Crippen LogP contribution is 2.28. The lowest BCUT2D eigenvalue weighted by molar-refractivity contribution is -0.131. The first-order valence-corrected chi connectivity index (χ1v) is 11.9. The van der Waals surface area contributed by atoms with Crippen molar-refractivity contribution in [2.75, 3.05) is 30.5 Å². The Balaban J connectivity index is 1.47. The molecule has 1 fully saturated rings. The number of hydrogen-bond donors (Lipinski definition) is 1. The molecule has 0 bridgehead atoms. The average molecular weight is 486 g/mol. The first kappa shape index (κ1) is 24.8. The molecule has 1 N–H and O–H groups in total. The van der Waals surface area contributed by atoms with Gasteiger partial charge in [-0.1, -0.05) is 18.2 Å². The molecule has 0 aliphatic carbocycles. The van der Waals surface area contributed by atoms with Crippen LogP contribution in [0.15, 0.2) is 89.8 Å². The molecule has 2 heterocycles. The van der Waals surface area contributed by atoms with Gasteiger partial charge >= 0.3 is 0 Å². The minimum atomic E-state index is -0.153. The zero-order valence-electron chi connectivity index (χ0n) is 20.6. The van der Waals surface area contributed by atoms with Gasteiger partial charge in [0.05, 0.1) is 18.4 Å². The molecule has 1 aromatic heterocycles. The standard InChI is InChI=1S/C28H31N5O3/c1-21(27(31-17-7-8-18-31)33(29-2)24-9-5-4-6-10-24)28(35)32-19-15-22(16-20-32)26(34)30-23-11-13-25(36-3)14-12-23/h4-14,17-18,22H,2,15-16,19-20H2,1,3H3,(H,30,34)/b27-21+. The van der Waals surface area contributed by atoms with Crippen LogP contribution in [0.5, 0.6) is 5.75 Å². The minimum absolute atomic E-state index is 0.0290. The van der Waals surface area contributed by atoms with Crippen molar-refractivity contribution in [2.24, 2.45) is 11.0 Å². The van der Waals surface area contributed by atoms with E-state index in [0.29, 0.717) is 37.3 Å².